The van der Waals surface area contributed by atoms with Crippen LogP contribution < -0.4 is 10.1 Å². The van der Waals surface area contributed by atoms with Crippen LogP contribution in [0, 0.1) is 23.6 Å². The Morgan fingerprint density at radius 1 is 1.17 bits per heavy atom. The van der Waals surface area contributed by atoms with Gasteiger partial charge in [0, 0.05) is 44.2 Å². The molecule has 0 radical (unpaired) electrons. The summed E-state index contributed by atoms with van der Waals surface area (Å²) in [5.74, 6) is -1.05. The molecule has 0 bridgehead atoms. The molecule has 2 atom stereocenters. The zero-order valence-corrected chi connectivity index (χ0v) is 22.0. The van der Waals surface area contributed by atoms with Crippen molar-refractivity contribution in [1.29, 1.82) is 0 Å². The lowest BCUT2D eigenvalue weighted by Gasteiger charge is -2.39. The molecule has 0 aliphatic carbocycles. The van der Waals surface area contributed by atoms with Crippen LogP contribution in [-0.2, 0) is 16.0 Å². The summed E-state index contributed by atoms with van der Waals surface area (Å²) in [4.78, 5) is 8.92. The Morgan fingerprint density at radius 2 is 1.89 bits per heavy atom. The fraction of sp³-hybridized carbons (Fsp3) is 0.667. The molecule has 7 nitrogen and oxygen atoms in total. The minimum absolute atomic E-state index is 0.0686. The van der Waals surface area contributed by atoms with Crippen LogP contribution in [0.3, 0.4) is 0 Å². The Morgan fingerprint density at radius 3 is 2.49 bits per heavy atom. The van der Waals surface area contributed by atoms with Crippen LogP contribution in [-0.4, -0.2) is 55.3 Å². The zero-order valence-electron chi connectivity index (χ0n) is 21.2. The number of thiazole rings is 1. The molecule has 35 heavy (non-hydrogen) atoms. The summed E-state index contributed by atoms with van der Waals surface area (Å²) in [6.07, 6.45) is 2.03. The Kier molecular flexibility index (Phi) is 10.9. The van der Waals surface area contributed by atoms with Crippen molar-refractivity contribution in [3.8, 4) is 16.5 Å². The second-order valence-electron chi connectivity index (χ2n) is 9.77. The van der Waals surface area contributed by atoms with E-state index in [1.807, 2.05) is 0 Å². The number of nitrogens with one attached hydrogen (secondary N) is 1. The highest BCUT2D eigenvalue weighted by Crippen LogP contribution is 2.38. The predicted octanol–water partition coefficient (Wildman–Crippen LogP) is 5.16. The minimum Gasteiger partial charge on any atom is -0.416 e. The molecule has 2 aromatic rings. The van der Waals surface area contributed by atoms with Crippen molar-refractivity contribution in [1.82, 2.24) is 15.3 Å². The van der Waals surface area contributed by atoms with E-state index < -0.39 is 24.1 Å². The number of aliphatic hydroxyl groups excluding tert-OH is 1. The summed E-state index contributed by atoms with van der Waals surface area (Å²) in [6, 6.07) is 1.08. The molecule has 2 N–H and O–H groups in total. The standard InChI is InChI=1S/C24H36F3N3O4S/c1-15-18(35-20(30-15)17-11-16(25)12-29-19(17)34-22(26)27)13-28-14-24(9-10-32-5,21(31)33-6)8-7-23(2,3)4/h11-12,21-22,28,31H,7-10,13-14H2,1-6H3/t21?,24-/m0/s1. The molecule has 11 heteroatoms. The molecular weight excluding hydrogens is 483 g/mol. The molecule has 2 aromatic heterocycles. The van der Waals surface area contributed by atoms with Gasteiger partial charge in [-0.2, -0.15) is 8.78 Å². The number of aliphatic hydroxyl groups is 1. The van der Waals surface area contributed by atoms with Crippen LogP contribution in [0.25, 0.3) is 10.6 Å². The maximum Gasteiger partial charge on any atom is 0.388 e. The van der Waals surface area contributed by atoms with Gasteiger partial charge in [-0.25, -0.2) is 14.4 Å². The lowest BCUT2D eigenvalue weighted by molar-refractivity contribution is -0.168. The van der Waals surface area contributed by atoms with E-state index in [1.165, 1.54) is 18.4 Å². The third kappa shape index (κ3) is 8.68. The van der Waals surface area contributed by atoms with Gasteiger partial charge in [-0.3, -0.25) is 0 Å². The van der Waals surface area contributed by atoms with E-state index in [4.69, 9.17) is 9.47 Å². The van der Waals surface area contributed by atoms with Crippen LogP contribution in [0.15, 0.2) is 12.3 Å². The van der Waals surface area contributed by atoms with E-state index in [9.17, 15) is 18.3 Å². The molecule has 0 aliphatic heterocycles. The van der Waals surface area contributed by atoms with Crippen LogP contribution in [0.5, 0.6) is 5.88 Å². The van der Waals surface area contributed by atoms with Gasteiger partial charge in [0.2, 0.25) is 5.88 Å². The molecular formula is C24H36F3N3O4S. The van der Waals surface area contributed by atoms with Gasteiger partial charge in [0.25, 0.3) is 0 Å². The third-order valence-corrected chi connectivity index (χ3v) is 7.02. The smallest absolute Gasteiger partial charge is 0.388 e. The highest BCUT2D eigenvalue weighted by atomic mass is 32.1. The number of aromatic nitrogens is 2. The summed E-state index contributed by atoms with van der Waals surface area (Å²) >= 11 is 1.24. The van der Waals surface area contributed by atoms with Gasteiger partial charge in [0.1, 0.15) is 10.8 Å². The number of rotatable bonds is 14. The molecule has 0 fully saturated rings. The molecule has 0 aromatic carbocycles. The van der Waals surface area contributed by atoms with Crippen molar-refractivity contribution in [2.75, 3.05) is 27.4 Å². The van der Waals surface area contributed by atoms with Gasteiger partial charge in [0.05, 0.1) is 17.5 Å². The van der Waals surface area contributed by atoms with Crippen LogP contribution in [0.1, 0.15) is 50.6 Å². The lowest BCUT2D eigenvalue weighted by atomic mass is 9.74. The van der Waals surface area contributed by atoms with Crippen molar-refractivity contribution >= 4 is 11.3 Å². The van der Waals surface area contributed by atoms with E-state index in [0.717, 1.165) is 30.0 Å². The molecule has 0 amide bonds. The number of methoxy groups -OCH3 is 2. The van der Waals surface area contributed by atoms with Crippen molar-refractivity contribution in [2.45, 2.75) is 66.4 Å². The average Bonchev–Trinajstić information content (AvgIpc) is 3.15. The second-order valence-corrected chi connectivity index (χ2v) is 10.9. The quantitative estimate of drug-likeness (QED) is 0.334. The molecule has 0 aliphatic rings. The van der Waals surface area contributed by atoms with Gasteiger partial charge in [-0.15, -0.1) is 11.3 Å². The van der Waals surface area contributed by atoms with E-state index >= 15 is 0 Å². The summed E-state index contributed by atoms with van der Waals surface area (Å²) in [6.45, 7) is 6.49. The minimum atomic E-state index is -3.09. The molecule has 2 rings (SSSR count). The number of nitrogens with zero attached hydrogens (tertiary/aromatic N) is 2. The first kappa shape index (κ1) is 29.4. The van der Waals surface area contributed by atoms with Crippen molar-refractivity contribution in [2.24, 2.45) is 10.8 Å². The average molecular weight is 520 g/mol. The highest BCUT2D eigenvalue weighted by molar-refractivity contribution is 7.15. The fourth-order valence-electron chi connectivity index (χ4n) is 3.71. The normalized spacial score (nSPS) is 14.8. The summed E-state index contributed by atoms with van der Waals surface area (Å²) in [7, 11) is 3.10. The third-order valence-electron chi connectivity index (χ3n) is 5.83. The van der Waals surface area contributed by atoms with Gasteiger partial charge in [0.15, 0.2) is 6.29 Å². The predicted molar refractivity (Wildman–Crippen MR) is 129 cm³/mol. The largest absolute Gasteiger partial charge is 0.416 e. The maximum atomic E-state index is 13.8. The molecule has 198 valence electrons. The first-order valence-electron chi connectivity index (χ1n) is 11.4. The van der Waals surface area contributed by atoms with Crippen LogP contribution in [0.4, 0.5) is 13.2 Å². The van der Waals surface area contributed by atoms with Crippen LogP contribution >= 0.6 is 11.3 Å². The van der Waals surface area contributed by atoms with Crippen molar-refractivity contribution in [3.63, 3.8) is 0 Å². The maximum absolute atomic E-state index is 13.8. The number of hydrogen-bond acceptors (Lipinski definition) is 8. The van der Waals surface area contributed by atoms with Crippen molar-refractivity contribution < 1.29 is 32.5 Å². The Bertz CT molecular complexity index is 939. The number of ether oxygens (including phenoxy) is 3. The second kappa shape index (κ2) is 13.0. The zero-order chi connectivity index (χ0) is 26.2. The first-order chi connectivity index (χ1) is 16.4. The Labute approximate surface area is 209 Å². The molecule has 0 spiro atoms. The number of hydrogen-bond donors (Lipinski definition) is 2. The topological polar surface area (TPSA) is 85.7 Å². The Hall–Kier alpha value is -1.79. The van der Waals surface area contributed by atoms with Crippen molar-refractivity contribution in [3.05, 3.63) is 28.7 Å². The highest BCUT2D eigenvalue weighted by Gasteiger charge is 2.38. The van der Waals surface area contributed by atoms with Gasteiger partial charge in [-0.1, -0.05) is 20.8 Å². The summed E-state index contributed by atoms with van der Waals surface area (Å²) in [5.41, 5.74) is 0.240. The molecule has 0 saturated heterocycles. The number of alkyl halides is 2. The molecule has 2 heterocycles. The molecule has 1 unspecified atom stereocenters. The fourth-order valence-corrected chi connectivity index (χ4v) is 4.75. The van der Waals surface area contributed by atoms with Gasteiger partial charge >= 0.3 is 6.61 Å². The van der Waals surface area contributed by atoms with Crippen LogP contribution in [0.2, 0.25) is 0 Å². The van der Waals surface area contributed by atoms with E-state index in [0.29, 0.717) is 36.8 Å². The van der Waals surface area contributed by atoms with Gasteiger partial charge < -0.3 is 24.6 Å². The first-order valence-corrected chi connectivity index (χ1v) is 12.2. The summed E-state index contributed by atoms with van der Waals surface area (Å²) < 4.78 is 54.5. The Balaban J connectivity index is 2.22. The number of pyridine rings is 1. The number of aryl methyl sites for hydroxylation is 1. The molecule has 0 saturated carbocycles. The van der Waals surface area contributed by atoms with E-state index in [2.05, 4.69) is 40.8 Å². The van der Waals surface area contributed by atoms with Gasteiger partial charge in [-0.05, 0) is 37.7 Å². The summed E-state index contributed by atoms with van der Waals surface area (Å²) in [5, 5.41) is 14.5. The SMILES string of the molecule is COCC[C@@](CCC(C)(C)C)(CNCc1sc(-c2cc(F)cnc2OC(F)F)nc1C)C(O)OC. The lowest BCUT2D eigenvalue weighted by Crippen LogP contribution is -2.46. The number of halogens is 3. The van der Waals surface area contributed by atoms with E-state index in [1.54, 1.807) is 14.0 Å². The monoisotopic (exact) mass is 519 g/mol. The van der Waals surface area contributed by atoms with E-state index in [-0.39, 0.29) is 16.9 Å².